The summed E-state index contributed by atoms with van der Waals surface area (Å²) in [6.07, 6.45) is 1.72. The van der Waals surface area contributed by atoms with Gasteiger partial charge in [-0.1, -0.05) is 30.3 Å². The van der Waals surface area contributed by atoms with Crippen molar-refractivity contribution in [2.45, 2.75) is 19.8 Å². The summed E-state index contributed by atoms with van der Waals surface area (Å²) in [6, 6.07) is 20.6. The molecule has 0 aliphatic carbocycles. The number of esters is 1. The number of hydrogen-bond donors (Lipinski definition) is 1. The quantitative estimate of drug-likeness (QED) is 0.591. The maximum atomic E-state index is 12.8. The molecule has 0 radical (unpaired) electrons. The predicted molar refractivity (Wildman–Crippen MR) is 123 cm³/mol. The van der Waals surface area contributed by atoms with Gasteiger partial charge in [-0.2, -0.15) is 0 Å². The van der Waals surface area contributed by atoms with Crippen molar-refractivity contribution in [1.82, 2.24) is 10.2 Å². The summed E-state index contributed by atoms with van der Waals surface area (Å²) in [7, 11) is 0. The minimum atomic E-state index is -0.368. The minimum Gasteiger partial charge on any atom is -0.462 e. The van der Waals surface area contributed by atoms with Gasteiger partial charge in [0.2, 0.25) is 5.91 Å². The molecule has 0 bridgehead atoms. The largest absolute Gasteiger partial charge is 0.462 e. The molecule has 7 heteroatoms. The zero-order chi connectivity index (χ0) is 22.3. The number of carbonyl (C=O) groups excluding carboxylic acids is 2. The molecular weight excluding hydrogens is 404 g/mol. The number of ether oxygens (including phenoxy) is 1. The van der Waals surface area contributed by atoms with Gasteiger partial charge in [0.25, 0.3) is 0 Å². The van der Waals surface area contributed by atoms with E-state index < -0.39 is 0 Å². The Labute approximate surface area is 187 Å². The molecular formula is C25H26N4O3. The van der Waals surface area contributed by atoms with Crippen molar-refractivity contribution in [3.05, 3.63) is 72.3 Å². The molecule has 32 heavy (non-hydrogen) atoms. The fourth-order valence-corrected chi connectivity index (χ4v) is 3.80. The Morgan fingerprint density at radius 1 is 1.03 bits per heavy atom. The Hall–Kier alpha value is -3.74. The van der Waals surface area contributed by atoms with Crippen molar-refractivity contribution in [2.75, 3.05) is 29.9 Å². The van der Waals surface area contributed by atoms with E-state index in [1.807, 2.05) is 42.5 Å². The standard InChI is InChI=1S/C25H26N4O3/c1-2-32-25(31)19-10-12-21(13-11-19)26-24(30)20-9-6-16-29(17-20)23-15-14-22(27-28-23)18-7-4-3-5-8-18/h3-5,7-8,10-15,20H,2,6,9,16-17H2,1H3,(H,26,30). The molecule has 7 nitrogen and oxygen atoms in total. The summed E-state index contributed by atoms with van der Waals surface area (Å²) in [5.74, 6) is 0.227. The lowest BCUT2D eigenvalue weighted by Crippen LogP contribution is -2.41. The summed E-state index contributed by atoms with van der Waals surface area (Å²) >= 11 is 0. The van der Waals surface area contributed by atoms with E-state index in [1.165, 1.54) is 0 Å². The molecule has 1 unspecified atom stereocenters. The molecule has 1 aliphatic rings. The molecule has 1 aromatic heterocycles. The second-order valence-electron chi connectivity index (χ2n) is 7.72. The Kier molecular flexibility index (Phi) is 6.75. The molecule has 1 N–H and O–H groups in total. The van der Waals surface area contributed by atoms with Gasteiger partial charge < -0.3 is 15.0 Å². The Morgan fingerprint density at radius 3 is 2.50 bits per heavy atom. The molecule has 1 atom stereocenters. The van der Waals surface area contributed by atoms with Crippen molar-refractivity contribution in [3.8, 4) is 11.3 Å². The lowest BCUT2D eigenvalue weighted by atomic mass is 9.97. The monoisotopic (exact) mass is 430 g/mol. The number of nitrogens with one attached hydrogen (secondary N) is 1. The van der Waals surface area contributed by atoms with Crippen molar-refractivity contribution < 1.29 is 14.3 Å². The summed E-state index contributed by atoms with van der Waals surface area (Å²) in [5.41, 5.74) is 2.97. The topological polar surface area (TPSA) is 84.4 Å². The van der Waals surface area contributed by atoms with E-state index >= 15 is 0 Å². The number of amides is 1. The lowest BCUT2D eigenvalue weighted by Gasteiger charge is -2.32. The Bertz CT molecular complexity index is 1050. The van der Waals surface area contributed by atoms with Gasteiger partial charge in [-0.25, -0.2) is 4.79 Å². The zero-order valence-electron chi connectivity index (χ0n) is 18.0. The summed E-state index contributed by atoms with van der Waals surface area (Å²) in [4.78, 5) is 26.7. The molecule has 4 rings (SSSR count). The highest BCUT2D eigenvalue weighted by Crippen LogP contribution is 2.24. The number of benzene rings is 2. The van der Waals surface area contributed by atoms with Gasteiger partial charge in [0.05, 0.1) is 23.8 Å². The van der Waals surface area contributed by atoms with Gasteiger partial charge in [-0.3, -0.25) is 4.79 Å². The summed E-state index contributed by atoms with van der Waals surface area (Å²) < 4.78 is 4.99. The van der Waals surface area contributed by atoms with Crippen LogP contribution in [0.15, 0.2) is 66.7 Å². The van der Waals surface area contributed by atoms with Crippen LogP contribution in [-0.4, -0.2) is 41.8 Å². The lowest BCUT2D eigenvalue weighted by molar-refractivity contribution is -0.120. The van der Waals surface area contributed by atoms with Crippen LogP contribution in [0.4, 0.5) is 11.5 Å². The van der Waals surface area contributed by atoms with Gasteiger partial charge in [-0.05, 0) is 56.2 Å². The molecule has 1 fully saturated rings. The fraction of sp³-hybridized carbons (Fsp3) is 0.280. The van der Waals surface area contributed by atoms with Gasteiger partial charge in [0.15, 0.2) is 5.82 Å². The maximum Gasteiger partial charge on any atom is 0.338 e. The minimum absolute atomic E-state index is 0.0348. The van der Waals surface area contributed by atoms with Crippen LogP contribution in [0.3, 0.4) is 0 Å². The van der Waals surface area contributed by atoms with Crippen LogP contribution < -0.4 is 10.2 Å². The first kappa shape index (κ1) is 21.5. The third-order valence-electron chi connectivity index (χ3n) is 5.50. The van der Waals surface area contributed by atoms with Crippen molar-refractivity contribution in [2.24, 2.45) is 5.92 Å². The second kappa shape index (κ2) is 10.0. The highest BCUT2D eigenvalue weighted by Gasteiger charge is 2.27. The molecule has 3 aromatic rings. The van der Waals surface area contributed by atoms with E-state index in [2.05, 4.69) is 20.4 Å². The highest BCUT2D eigenvalue weighted by molar-refractivity contribution is 5.94. The first-order chi connectivity index (χ1) is 15.6. The third kappa shape index (κ3) is 5.11. The predicted octanol–water partition coefficient (Wildman–Crippen LogP) is 4.18. The third-order valence-corrected chi connectivity index (χ3v) is 5.50. The number of aromatic nitrogens is 2. The molecule has 1 saturated heterocycles. The molecule has 2 heterocycles. The summed E-state index contributed by atoms with van der Waals surface area (Å²) in [6.45, 7) is 3.53. The van der Waals surface area contributed by atoms with Crippen LogP contribution >= 0.6 is 0 Å². The average Bonchev–Trinajstić information content (AvgIpc) is 2.85. The Morgan fingerprint density at radius 2 is 1.81 bits per heavy atom. The van der Waals surface area contributed by atoms with Gasteiger partial charge >= 0.3 is 5.97 Å². The number of carbonyl (C=O) groups is 2. The number of piperidine rings is 1. The maximum absolute atomic E-state index is 12.8. The van der Waals surface area contributed by atoms with Crippen LogP contribution in [0.1, 0.15) is 30.1 Å². The first-order valence-corrected chi connectivity index (χ1v) is 10.9. The van der Waals surface area contributed by atoms with Crippen LogP contribution in [0, 0.1) is 5.92 Å². The number of nitrogens with zero attached hydrogens (tertiary/aromatic N) is 3. The Balaban J connectivity index is 1.37. The highest BCUT2D eigenvalue weighted by atomic mass is 16.5. The normalized spacial score (nSPS) is 15.8. The molecule has 1 aliphatic heterocycles. The first-order valence-electron chi connectivity index (χ1n) is 10.9. The number of anilines is 2. The van der Waals surface area contributed by atoms with Crippen LogP contribution in [0.2, 0.25) is 0 Å². The average molecular weight is 431 g/mol. The van der Waals surface area contributed by atoms with E-state index in [4.69, 9.17) is 4.74 Å². The molecule has 0 saturated carbocycles. The molecule has 0 spiro atoms. The van der Waals surface area contributed by atoms with E-state index in [0.29, 0.717) is 24.4 Å². The van der Waals surface area contributed by atoms with Crippen molar-refractivity contribution in [3.63, 3.8) is 0 Å². The van der Waals surface area contributed by atoms with Crippen molar-refractivity contribution >= 4 is 23.4 Å². The summed E-state index contributed by atoms with van der Waals surface area (Å²) in [5, 5.41) is 11.7. The van der Waals surface area contributed by atoms with Crippen LogP contribution in [-0.2, 0) is 9.53 Å². The van der Waals surface area contributed by atoms with Crippen LogP contribution in [0.25, 0.3) is 11.3 Å². The fourth-order valence-electron chi connectivity index (χ4n) is 3.80. The second-order valence-corrected chi connectivity index (χ2v) is 7.72. The van der Waals surface area contributed by atoms with Crippen LogP contribution in [0.5, 0.6) is 0 Å². The molecule has 2 aromatic carbocycles. The smallest absolute Gasteiger partial charge is 0.338 e. The van der Waals surface area contributed by atoms with E-state index in [1.54, 1.807) is 31.2 Å². The van der Waals surface area contributed by atoms with Gasteiger partial charge in [-0.15, -0.1) is 10.2 Å². The molecule has 164 valence electrons. The number of hydrogen-bond acceptors (Lipinski definition) is 6. The van der Waals surface area contributed by atoms with E-state index in [9.17, 15) is 9.59 Å². The van der Waals surface area contributed by atoms with Gasteiger partial charge in [0, 0.05) is 24.3 Å². The SMILES string of the molecule is CCOC(=O)c1ccc(NC(=O)C2CCCN(c3ccc(-c4ccccc4)nn3)C2)cc1. The molecule has 1 amide bonds. The van der Waals surface area contributed by atoms with E-state index in [0.717, 1.165) is 36.5 Å². The van der Waals surface area contributed by atoms with Crippen molar-refractivity contribution in [1.29, 1.82) is 0 Å². The number of rotatable bonds is 6. The zero-order valence-corrected chi connectivity index (χ0v) is 18.0. The van der Waals surface area contributed by atoms with E-state index in [-0.39, 0.29) is 17.8 Å². The van der Waals surface area contributed by atoms with Gasteiger partial charge in [0.1, 0.15) is 0 Å².